The summed E-state index contributed by atoms with van der Waals surface area (Å²) in [5, 5.41) is 14.9. The Hall–Kier alpha value is -1.26. The van der Waals surface area contributed by atoms with E-state index in [2.05, 4.69) is 24.5 Å². The monoisotopic (exact) mass is 282 g/mol. The summed E-state index contributed by atoms with van der Waals surface area (Å²) in [4.78, 5) is 22.9. The van der Waals surface area contributed by atoms with Crippen LogP contribution in [0.5, 0.6) is 0 Å². The maximum atomic E-state index is 12.0. The van der Waals surface area contributed by atoms with Crippen LogP contribution in [0.3, 0.4) is 0 Å². The first kappa shape index (κ1) is 15.1. The number of rotatable bonds is 3. The highest BCUT2D eigenvalue weighted by molar-refractivity contribution is 5.75. The van der Waals surface area contributed by atoms with Gasteiger partial charge >= 0.3 is 12.0 Å². The largest absolute Gasteiger partial charge is 0.481 e. The Morgan fingerprint density at radius 3 is 2.05 bits per heavy atom. The van der Waals surface area contributed by atoms with E-state index in [-0.39, 0.29) is 24.0 Å². The van der Waals surface area contributed by atoms with Crippen LogP contribution >= 0.6 is 0 Å². The van der Waals surface area contributed by atoms with Crippen molar-refractivity contribution in [1.29, 1.82) is 0 Å². The first-order valence-electron chi connectivity index (χ1n) is 7.74. The van der Waals surface area contributed by atoms with Gasteiger partial charge in [-0.25, -0.2) is 4.79 Å². The van der Waals surface area contributed by atoms with Crippen LogP contribution in [0.1, 0.15) is 52.4 Å². The van der Waals surface area contributed by atoms with Crippen molar-refractivity contribution in [3.63, 3.8) is 0 Å². The fourth-order valence-corrected chi connectivity index (χ4v) is 3.81. The maximum Gasteiger partial charge on any atom is 0.315 e. The molecule has 2 amide bonds. The molecule has 20 heavy (non-hydrogen) atoms. The molecule has 2 aliphatic carbocycles. The smallest absolute Gasteiger partial charge is 0.315 e. The average molecular weight is 282 g/mol. The van der Waals surface area contributed by atoms with Gasteiger partial charge in [0, 0.05) is 12.1 Å². The summed E-state index contributed by atoms with van der Waals surface area (Å²) in [6, 6.07) is 0.132. The second kappa shape index (κ2) is 6.46. The van der Waals surface area contributed by atoms with Gasteiger partial charge < -0.3 is 15.7 Å². The predicted octanol–water partition coefficient (Wildman–Crippen LogP) is 2.36. The van der Waals surface area contributed by atoms with E-state index < -0.39 is 5.97 Å². The van der Waals surface area contributed by atoms with Crippen molar-refractivity contribution < 1.29 is 14.7 Å². The molecular weight excluding hydrogens is 256 g/mol. The Morgan fingerprint density at radius 1 is 0.900 bits per heavy atom. The van der Waals surface area contributed by atoms with Gasteiger partial charge in [0.05, 0.1) is 5.92 Å². The third kappa shape index (κ3) is 4.12. The molecule has 0 aliphatic heterocycles. The summed E-state index contributed by atoms with van der Waals surface area (Å²) in [6.07, 6.45) is 5.31. The van der Waals surface area contributed by atoms with E-state index in [1.165, 1.54) is 6.42 Å². The molecule has 4 unspecified atom stereocenters. The van der Waals surface area contributed by atoms with Gasteiger partial charge in [-0.1, -0.05) is 13.8 Å². The van der Waals surface area contributed by atoms with Crippen LogP contribution in [-0.2, 0) is 4.79 Å². The molecule has 0 aromatic heterocycles. The van der Waals surface area contributed by atoms with Crippen molar-refractivity contribution in [3.05, 3.63) is 0 Å². The van der Waals surface area contributed by atoms with E-state index in [0.29, 0.717) is 24.7 Å². The SMILES string of the molecule is CC1CC(C)CC(NC(=O)NC2CCC(C(=O)O)C2)C1. The minimum atomic E-state index is -0.746. The quantitative estimate of drug-likeness (QED) is 0.743. The number of amides is 2. The third-order valence-corrected chi connectivity index (χ3v) is 4.63. The van der Waals surface area contributed by atoms with Crippen LogP contribution in [0.4, 0.5) is 4.79 Å². The zero-order chi connectivity index (χ0) is 14.7. The highest BCUT2D eigenvalue weighted by Gasteiger charge is 2.31. The summed E-state index contributed by atoms with van der Waals surface area (Å²) in [6.45, 7) is 4.47. The fourth-order valence-electron chi connectivity index (χ4n) is 3.81. The van der Waals surface area contributed by atoms with Gasteiger partial charge in [0.2, 0.25) is 0 Å². The predicted molar refractivity (Wildman–Crippen MR) is 76.4 cm³/mol. The van der Waals surface area contributed by atoms with Crippen molar-refractivity contribution in [2.45, 2.75) is 64.5 Å². The molecule has 114 valence electrons. The lowest BCUT2D eigenvalue weighted by atomic mass is 9.80. The van der Waals surface area contributed by atoms with Crippen LogP contribution < -0.4 is 10.6 Å². The minimum Gasteiger partial charge on any atom is -0.481 e. The first-order valence-corrected chi connectivity index (χ1v) is 7.74. The highest BCUT2D eigenvalue weighted by atomic mass is 16.4. The molecule has 4 atom stereocenters. The van der Waals surface area contributed by atoms with E-state index in [4.69, 9.17) is 5.11 Å². The number of carbonyl (C=O) groups excluding carboxylic acids is 1. The Bertz CT molecular complexity index is 362. The van der Waals surface area contributed by atoms with Crippen molar-refractivity contribution in [2.24, 2.45) is 17.8 Å². The molecule has 3 N–H and O–H groups in total. The number of aliphatic carboxylic acids is 1. The molecule has 0 aromatic carbocycles. The van der Waals surface area contributed by atoms with Gasteiger partial charge in [-0.05, 0) is 50.4 Å². The number of carboxylic acid groups (broad SMARTS) is 1. The Balaban J connectivity index is 1.74. The van der Waals surface area contributed by atoms with Crippen LogP contribution in [-0.4, -0.2) is 29.2 Å². The summed E-state index contributed by atoms with van der Waals surface area (Å²) >= 11 is 0. The normalized spacial score (nSPS) is 37.4. The number of carbonyl (C=O) groups is 2. The van der Waals surface area contributed by atoms with Crippen molar-refractivity contribution in [2.75, 3.05) is 0 Å². The van der Waals surface area contributed by atoms with E-state index >= 15 is 0 Å². The average Bonchev–Trinajstić information content (AvgIpc) is 2.75. The molecule has 2 fully saturated rings. The molecule has 0 spiro atoms. The molecule has 5 nitrogen and oxygen atoms in total. The zero-order valence-electron chi connectivity index (χ0n) is 12.4. The number of nitrogens with one attached hydrogen (secondary N) is 2. The molecule has 0 radical (unpaired) electrons. The summed E-state index contributed by atoms with van der Waals surface area (Å²) in [5.74, 6) is 0.276. The van der Waals surface area contributed by atoms with Crippen LogP contribution in [0, 0.1) is 17.8 Å². The van der Waals surface area contributed by atoms with E-state index in [9.17, 15) is 9.59 Å². The second-order valence-corrected chi connectivity index (χ2v) is 6.78. The third-order valence-electron chi connectivity index (χ3n) is 4.63. The molecule has 5 heteroatoms. The van der Waals surface area contributed by atoms with Crippen LogP contribution in [0.25, 0.3) is 0 Å². The van der Waals surface area contributed by atoms with Gasteiger partial charge in [0.25, 0.3) is 0 Å². The van der Waals surface area contributed by atoms with E-state index in [1.807, 2.05) is 0 Å². The lowest BCUT2D eigenvalue weighted by molar-refractivity contribution is -0.141. The molecule has 2 saturated carbocycles. The maximum absolute atomic E-state index is 12.0. The summed E-state index contributed by atoms with van der Waals surface area (Å²) < 4.78 is 0. The molecule has 0 aromatic rings. The summed E-state index contributed by atoms with van der Waals surface area (Å²) in [5.41, 5.74) is 0. The van der Waals surface area contributed by atoms with Crippen LogP contribution in [0.2, 0.25) is 0 Å². The fraction of sp³-hybridized carbons (Fsp3) is 0.867. The molecule has 0 saturated heterocycles. The van der Waals surface area contributed by atoms with Crippen molar-refractivity contribution in [1.82, 2.24) is 10.6 Å². The minimum absolute atomic E-state index is 0.00883. The number of hydrogen-bond acceptors (Lipinski definition) is 2. The molecule has 0 bridgehead atoms. The number of hydrogen-bond donors (Lipinski definition) is 3. The summed E-state index contributed by atoms with van der Waals surface area (Å²) in [7, 11) is 0. The molecule has 2 rings (SSSR count). The second-order valence-electron chi connectivity index (χ2n) is 6.78. The highest BCUT2D eigenvalue weighted by Crippen LogP contribution is 2.29. The lowest BCUT2D eigenvalue weighted by Gasteiger charge is -2.32. The van der Waals surface area contributed by atoms with E-state index in [0.717, 1.165) is 19.3 Å². The first-order chi connectivity index (χ1) is 9.44. The lowest BCUT2D eigenvalue weighted by Crippen LogP contribution is -2.47. The van der Waals surface area contributed by atoms with Gasteiger partial charge in [-0.3, -0.25) is 4.79 Å². The Morgan fingerprint density at radius 2 is 1.50 bits per heavy atom. The van der Waals surface area contributed by atoms with Gasteiger partial charge in [-0.15, -0.1) is 0 Å². The van der Waals surface area contributed by atoms with Gasteiger partial charge in [-0.2, -0.15) is 0 Å². The topological polar surface area (TPSA) is 78.4 Å². The van der Waals surface area contributed by atoms with Crippen molar-refractivity contribution in [3.8, 4) is 0 Å². The number of carboxylic acids is 1. The molecular formula is C15H26N2O3. The number of urea groups is 1. The molecule has 2 aliphatic rings. The van der Waals surface area contributed by atoms with Crippen LogP contribution in [0.15, 0.2) is 0 Å². The standard InChI is InChI=1S/C15H26N2O3/c1-9-5-10(2)7-13(6-9)17-15(20)16-12-4-3-11(8-12)14(18)19/h9-13H,3-8H2,1-2H3,(H,18,19)(H2,16,17,20). The Labute approximate surface area is 120 Å². The van der Waals surface area contributed by atoms with Gasteiger partial charge in [0.15, 0.2) is 0 Å². The zero-order valence-corrected chi connectivity index (χ0v) is 12.4. The van der Waals surface area contributed by atoms with Crippen molar-refractivity contribution >= 4 is 12.0 Å². The Kier molecular flexibility index (Phi) is 4.89. The molecule has 0 heterocycles. The van der Waals surface area contributed by atoms with E-state index in [1.54, 1.807) is 0 Å². The van der Waals surface area contributed by atoms with Gasteiger partial charge in [0.1, 0.15) is 0 Å².